The molecule has 0 heterocycles. The largest absolute Gasteiger partial charge is 0.492 e. The summed E-state index contributed by atoms with van der Waals surface area (Å²) in [6, 6.07) is 14.9. The summed E-state index contributed by atoms with van der Waals surface area (Å²) >= 11 is 0. The van der Waals surface area contributed by atoms with Crippen molar-refractivity contribution in [3.8, 4) is 11.5 Å². The monoisotopic (exact) mass is 364 g/mol. The summed E-state index contributed by atoms with van der Waals surface area (Å²) in [5.41, 5.74) is 7.10. The van der Waals surface area contributed by atoms with Crippen LogP contribution in [-0.4, -0.2) is 25.2 Å². The number of hydrogen-bond donors (Lipinski definition) is 2. The molecule has 0 aliphatic rings. The van der Waals surface area contributed by atoms with Crippen LogP contribution in [0.4, 0.5) is 5.69 Å². The molecule has 2 aromatic rings. The van der Waals surface area contributed by atoms with Gasteiger partial charge in [0.25, 0.3) is 5.91 Å². The van der Waals surface area contributed by atoms with Gasteiger partial charge in [0.05, 0.1) is 0 Å². The Hall–Kier alpha value is -2.24. The summed E-state index contributed by atoms with van der Waals surface area (Å²) in [5, 5.41) is 2.87. The van der Waals surface area contributed by atoms with E-state index < -0.39 is 6.10 Å². The van der Waals surface area contributed by atoms with Gasteiger partial charge >= 0.3 is 0 Å². The number of para-hydroxylation sites is 1. The number of nitrogens with two attached hydrogens (primary N) is 1. The van der Waals surface area contributed by atoms with Crippen molar-refractivity contribution in [3.63, 3.8) is 0 Å². The molecule has 0 spiro atoms. The first-order valence-corrected chi connectivity index (χ1v) is 8.10. The highest BCUT2D eigenvalue weighted by Gasteiger charge is 2.19. The van der Waals surface area contributed by atoms with E-state index in [2.05, 4.69) is 5.32 Å². The lowest BCUT2D eigenvalue weighted by Crippen LogP contribution is -2.32. The first-order valence-electron chi connectivity index (χ1n) is 8.10. The van der Waals surface area contributed by atoms with Crippen LogP contribution >= 0.6 is 12.4 Å². The van der Waals surface area contributed by atoms with E-state index in [1.807, 2.05) is 38.1 Å². The van der Waals surface area contributed by atoms with Crippen LogP contribution in [0.2, 0.25) is 0 Å². The number of amides is 1. The topological polar surface area (TPSA) is 73.6 Å². The van der Waals surface area contributed by atoms with Crippen LogP contribution in [0.15, 0.2) is 48.5 Å². The molecule has 6 heteroatoms. The maximum absolute atomic E-state index is 12.4. The van der Waals surface area contributed by atoms with Gasteiger partial charge in [-0.3, -0.25) is 4.79 Å². The fourth-order valence-corrected chi connectivity index (χ4v) is 2.20. The molecule has 0 radical (unpaired) electrons. The Morgan fingerprint density at radius 3 is 2.44 bits per heavy atom. The van der Waals surface area contributed by atoms with Gasteiger partial charge in [0, 0.05) is 12.2 Å². The van der Waals surface area contributed by atoms with Crippen molar-refractivity contribution in [3.05, 3.63) is 54.1 Å². The van der Waals surface area contributed by atoms with Crippen molar-refractivity contribution in [2.24, 2.45) is 5.73 Å². The molecule has 1 amide bonds. The fraction of sp³-hybridized carbons (Fsp3) is 0.316. The maximum Gasteiger partial charge on any atom is 0.265 e. The lowest BCUT2D eigenvalue weighted by molar-refractivity contribution is -0.122. The standard InChI is InChI=1S/C19H24N2O3.ClH/c1-3-17(24-18-7-5-4-6-14(18)2)19(22)21-15-8-10-16(11-9-15)23-13-12-20;/h4-11,17H,3,12-13,20H2,1-2H3,(H,21,22);1H. The summed E-state index contributed by atoms with van der Waals surface area (Å²) in [6.07, 6.45) is 0.0389. The highest BCUT2D eigenvalue weighted by molar-refractivity contribution is 5.94. The average molecular weight is 365 g/mol. The number of nitrogens with one attached hydrogen (secondary N) is 1. The Morgan fingerprint density at radius 2 is 1.84 bits per heavy atom. The van der Waals surface area contributed by atoms with Crippen molar-refractivity contribution in [2.45, 2.75) is 26.4 Å². The molecule has 0 fully saturated rings. The summed E-state index contributed by atoms with van der Waals surface area (Å²) in [5.74, 6) is 1.28. The molecule has 3 N–H and O–H groups in total. The molecule has 1 unspecified atom stereocenters. The van der Waals surface area contributed by atoms with E-state index in [1.165, 1.54) is 0 Å². The fourth-order valence-electron chi connectivity index (χ4n) is 2.20. The molecule has 0 saturated heterocycles. The SMILES string of the molecule is CCC(Oc1ccccc1C)C(=O)Nc1ccc(OCCN)cc1.Cl. The van der Waals surface area contributed by atoms with Crippen molar-refractivity contribution in [1.29, 1.82) is 0 Å². The molecule has 0 aromatic heterocycles. The van der Waals surface area contributed by atoms with Crippen LogP contribution in [0.1, 0.15) is 18.9 Å². The first kappa shape index (κ1) is 20.8. The van der Waals surface area contributed by atoms with Gasteiger partial charge in [0.15, 0.2) is 6.10 Å². The van der Waals surface area contributed by atoms with Gasteiger partial charge in [-0.2, -0.15) is 0 Å². The third kappa shape index (κ3) is 6.29. The first-order chi connectivity index (χ1) is 11.6. The summed E-state index contributed by atoms with van der Waals surface area (Å²) < 4.78 is 11.3. The molecule has 5 nitrogen and oxygen atoms in total. The van der Waals surface area contributed by atoms with E-state index in [1.54, 1.807) is 24.3 Å². The van der Waals surface area contributed by atoms with Crippen LogP contribution in [0.25, 0.3) is 0 Å². The van der Waals surface area contributed by atoms with E-state index >= 15 is 0 Å². The number of benzene rings is 2. The Morgan fingerprint density at radius 1 is 1.16 bits per heavy atom. The van der Waals surface area contributed by atoms with Crippen LogP contribution in [-0.2, 0) is 4.79 Å². The normalized spacial score (nSPS) is 11.2. The lowest BCUT2D eigenvalue weighted by atomic mass is 10.2. The molecule has 25 heavy (non-hydrogen) atoms. The predicted octanol–water partition coefficient (Wildman–Crippen LogP) is 3.55. The van der Waals surface area contributed by atoms with Crippen LogP contribution in [0.5, 0.6) is 11.5 Å². The zero-order chi connectivity index (χ0) is 17.4. The number of carbonyl (C=O) groups is 1. The molecule has 136 valence electrons. The zero-order valence-electron chi connectivity index (χ0n) is 14.5. The van der Waals surface area contributed by atoms with E-state index in [9.17, 15) is 4.79 Å². The van der Waals surface area contributed by atoms with Gasteiger partial charge in [0.1, 0.15) is 18.1 Å². The van der Waals surface area contributed by atoms with Gasteiger partial charge in [-0.1, -0.05) is 25.1 Å². The summed E-state index contributed by atoms with van der Waals surface area (Å²) in [4.78, 5) is 12.4. The molecule has 2 aromatic carbocycles. The third-order valence-electron chi connectivity index (χ3n) is 3.53. The zero-order valence-corrected chi connectivity index (χ0v) is 15.3. The Bertz CT molecular complexity index is 662. The second kappa shape index (κ2) is 10.6. The van der Waals surface area contributed by atoms with Gasteiger partial charge < -0.3 is 20.5 Å². The second-order valence-corrected chi connectivity index (χ2v) is 5.43. The van der Waals surface area contributed by atoms with E-state index in [-0.39, 0.29) is 18.3 Å². The second-order valence-electron chi connectivity index (χ2n) is 5.43. The van der Waals surface area contributed by atoms with E-state index in [4.69, 9.17) is 15.2 Å². The van der Waals surface area contributed by atoms with Crippen molar-refractivity contribution in [1.82, 2.24) is 0 Å². The number of aryl methyl sites for hydroxylation is 1. The van der Waals surface area contributed by atoms with Crippen LogP contribution in [0, 0.1) is 6.92 Å². The highest BCUT2D eigenvalue weighted by Crippen LogP contribution is 2.20. The highest BCUT2D eigenvalue weighted by atomic mass is 35.5. The summed E-state index contributed by atoms with van der Waals surface area (Å²) in [7, 11) is 0. The lowest BCUT2D eigenvalue weighted by Gasteiger charge is -2.18. The predicted molar refractivity (Wildman–Crippen MR) is 103 cm³/mol. The summed E-state index contributed by atoms with van der Waals surface area (Å²) in [6.45, 7) is 4.81. The maximum atomic E-state index is 12.4. The van der Waals surface area contributed by atoms with Gasteiger partial charge in [-0.25, -0.2) is 0 Å². The molecule has 2 rings (SSSR count). The Kier molecular flexibility index (Phi) is 8.81. The number of carbonyl (C=O) groups excluding carboxylic acids is 1. The minimum absolute atomic E-state index is 0. The van der Waals surface area contributed by atoms with Crippen molar-refractivity contribution in [2.75, 3.05) is 18.5 Å². The quantitative estimate of drug-likeness (QED) is 0.751. The molecular weight excluding hydrogens is 340 g/mol. The number of rotatable bonds is 8. The van der Waals surface area contributed by atoms with Crippen molar-refractivity contribution < 1.29 is 14.3 Å². The molecule has 1 atom stereocenters. The van der Waals surface area contributed by atoms with Gasteiger partial charge in [-0.05, 0) is 49.2 Å². The minimum atomic E-state index is -0.542. The number of ether oxygens (including phenoxy) is 2. The van der Waals surface area contributed by atoms with E-state index in [0.29, 0.717) is 25.3 Å². The van der Waals surface area contributed by atoms with Crippen LogP contribution in [0.3, 0.4) is 0 Å². The molecule has 0 aliphatic carbocycles. The number of anilines is 1. The van der Waals surface area contributed by atoms with E-state index in [0.717, 1.165) is 17.1 Å². The number of halogens is 1. The van der Waals surface area contributed by atoms with Crippen molar-refractivity contribution >= 4 is 24.0 Å². The Labute approximate surface area is 154 Å². The molecule has 0 saturated carbocycles. The number of hydrogen-bond acceptors (Lipinski definition) is 4. The molecule has 0 bridgehead atoms. The minimum Gasteiger partial charge on any atom is -0.492 e. The third-order valence-corrected chi connectivity index (χ3v) is 3.53. The molecule has 0 aliphatic heterocycles. The van der Waals surface area contributed by atoms with Gasteiger partial charge in [0.2, 0.25) is 0 Å². The average Bonchev–Trinajstić information content (AvgIpc) is 2.60. The smallest absolute Gasteiger partial charge is 0.265 e. The Balaban J connectivity index is 0.00000312. The van der Waals surface area contributed by atoms with Crippen LogP contribution < -0.4 is 20.5 Å². The molecular formula is C19H25ClN2O3. The van der Waals surface area contributed by atoms with Gasteiger partial charge in [-0.15, -0.1) is 12.4 Å².